The fraction of sp³-hybridized carbons (Fsp3) is 0.333. The Hall–Kier alpha value is -6.06. The van der Waals surface area contributed by atoms with Crippen molar-refractivity contribution in [2.75, 3.05) is 46.6 Å². The molecule has 0 spiro atoms. The number of para-hydroxylation sites is 1. The van der Waals surface area contributed by atoms with Gasteiger partial charge < -0.3 is 34.7 Å². The summed E-state index contributed by atoms with van der Waals surface area (Å²) in [5.74, 6) is -3.02. The number of hydrogen-bond donors (Lipinski definition) is 3. The molecular formula is C39H42N4O11. The van der Waals surface area contributed by atoms with Crippen LogP contribution in [-0.2, 0) is 19.1 Å². The van der Waals surface area contributed by atoms with Crippen LogP contribution in [0.3, 0.4) is 0 Å². The number of esters is 2. The molecular weight excluding hydrogens is 700 g/mol. The third-order valence-electron chi connectivity index (χ3n) is 8.90. The van der Waals surface area contributed by atoms with Crippen LogP contribution in [0.25, 0.3) is 0 Å². The van der Waals surface area contributed by atoms with Crippen LogP contribution in [-0.4, -0.2) is 91.4 Å². The number of amides is 2. The van der Waals surface area contributed by atoms with E-state index in [2.05, 4.69) is 10.6 Å². The highest BCUT2D eigenvalue weighted by Crippen LogP contribution is 2.44. The van der Waals surface area contributed by atoms with Crippen molar-refractivity contribution in [2.45, 2.75) is 38.7 Å². The van der Waals surface area contributed by atoms with Crippen LogP contribution < -0.4 is 20.1 Å². The lowest BCUT2D eigenvalue weighted by atomic mass is 9.79. The van der Waals surface area contributed by atoms with Crippen molar-refractivity contribution >= 4 is 29.4 Å². The SMILES string of the molecule is COC(=O)C1=C(C)NC(C)=C(C(=O)OCCN2C(=O)c3ccccc3C2=O)C1c1cc([N+](=O)[O-])ccc1OCCCCNCC(O)COc1ccccc1. The quantitative estimate of drug-likeness (QED) is 0.0556. The molecule has 5 rings (SSSR count). The van der Waals surface area contributed by atoms with Gasteiger partial charge in [-0.1, -0.05) is 30.3 Å². The minimum absolute atomic E-state index is 0.0137. The van der Waals surface area contributed by atoms with Gasteiger partial charge in [-0.25, -0.2) is 9.59 Å². The minimum Gasteiger partial charge on any atom is -0.493 e. The summed E-state index contributed by atoms with van der Waals surface area (Å²) in [6, 6.07) is 19.5. The van der Waals surface area contributed by atoms with E-state index in [1.54, 1.807) is 38.1 Å². The number of unbranched alkanes of at least 4 members (excludes halogenated alkanes) is 1. The zero-order valence-electron chi connectivity index (χ0n) is 30.2. The van der Waals surface area contributed by atoms with Crippen molar-refractivity contribution in [1.29, 1.82) is 0 Å². The van der Waals surface area contributed by atoms with E-state index in [9.17, 15) is 34.4 Å². The topological polar surface area (TPSA) is 196 Å². The number of fused-ring (bicyclic) bond motifs is 1. The fourth-order valence-electron chi connectivity index (χ4n) is 6.28. The molecule has 0 fully saturated rings. The van der Waals surface area contributed by atoms with Crippen molar-refractivity contribution in [3.05, 3.63) is 122 Å². The minimum atomic E-state index is -1.21. The van der Waals surface area contributed by atoms with E-state index in [-0.39, 0.29) is 65.6 Å². The number of benzene rings is 3. The number of dihydropyridines is 1. The van der Waals surface area contributed by atoms with Crippen molar-refractivity contribution in [1.82, 2.24) is 15.5 Å². The van der Waals surface area contributed by atoms with Crippen LogP contribution in [0.1, 0.15) is 58.9 Å². The molecule has 15 nitrogen and oxygen atoms in total. The molecule has 2 heterocycles. The van der Waals surface area contributed by atoms with Gasteiger partial charge in [-0.05, 0) is 63.6 Å². The summed E-state index contributed by atoms with van der Waals surface area (Å²) < 4.78 is 22.4. The summed E-state index contributed by atoms with van der Waals surface area (Å²) in [6.45, 7) is 3.85. The molecule has 3 aromatic rings. The molecule has 0 radical (unpaired) electrons. The van der Waals surface area contributed by atoms with Gasteiger partial charge in [0, 0.05) is 35.6 Å². The van der Waals surface area contributed by atoms with E-state index in [1.807, 2.05) is 30.3 Å². The predicted octanol–water partition coefficient (Wildman–Crippen LogP) is 4.03. The molecule has 0 aromatic heterocycles. The molecule has 15 heteroatoms. The zero-order chi connectivity index (χ0) is 38.8. The van der Waals surface area contributed by atoms with Gasteiger partial charge in [0.25, 0.3) is 17.5 Å². The molecule has 0 saturated carbocycles. The summed E-state index contributed by atoms with van der Waals surface area (Å²) in [5, 5.41) is 28.4. The smallest absolute Gasteiger partial charge is 0.336 e. The number of carbonyl (C=O) groups is 4. The summed E-state index contributed by atoms with van der Waals surface area (Å²) in [4.78, 5) is 65.2. The maximum Gasteiger partial charge on any atom is 0.336 e. The first-order chi connectivity index (χ1) is 26.0. The first-order valence-corrected chi connectivity index (χ1v) is 17.4. The van der Waals surface area contributed by atoms with E-state index < -0.39 is 40.7 Å². The first-order valence-electron chi connectivity index (χ1n) is 17.4. The Morgan fingerprint density at radius 1 is 0.907 bits per heavy atom. The lowest BCUT2D eigenvalue weighted by molar-refractivity contribution is -0.384. The number of methoxy groups -OCH3 is 1. The molecule has 2 aliphatic rings. The number of nitro groups is 1. The molecule has 284 valence electrons. The number of rotatable bonds is 18. The number of nitro benzene ring substituents is 1. The van der Waals surface area contributed by atoms with Gasteiger partial charge in [-0.2, -0.15) is 0 Å². The second kappa shape index (κ2) is 18.1. The van der Waals surface area contributed by atoms with Gasteiger partial charge >= 0.3 is 11.9 Å². The Labute approximate surface area is 311 Å². The number of nitrogens with one attached hydrogen (secondary N) is 2. The number of non-ortho nitro benzene ring substituents is 1. The highest BCUT2D eigenvalue weighted by Gasteiger charge is 2.41. The summed E-state index contributed by atoms with van der Waals surface area (Å²) in [7, 11) is 1.18. The molecule has 0 aliphatic carbocycles. The van der Waals surface area contributed by atoms with Gasteiger partial charge in [0.05, 0.1) is 53.4 Å². The average Bonchev–Trinajstić information content (AvgIpc) is 3.41. The van der Waals surface area contributed by atoms with Crippen molar-refractivity contribution in [3.8, 4) is 11.5 Å². The van der Waals surface area contributed by atoms with E-state index in [0.29, 0.717) is 43.1 Å². The Bertz CT molecular complexity index is 1930. The Balaban J connectivity index is 1.27. The first kappa shape index (κ1) is 39.2. The van der Waals surface area contributed by atoms with Crippen molar-refractivity contribution in [2.24, 2.45) is 0 Å². The molecule has 2 aliphatic heterocycles. The monoisotopic (exact) mass is 742 g/mol. The number of carbonyl (C=O) groups excluding carboxylic acids is 4. The highest BCUT2D eigenvalue weighted by molar-refractivity contribution is 6.21. The second-order valence-corrected chi connectivity index (χ2v) is 12.6. The van der Waals surface area contributed by atoms with Crippen LogP contribution in [0.15, 0.2) is 95.3 Å². The maximum atomic E-state index is 13.9. The fourth-order valence-corrected chi connectivity index (χ4v) is 6.28. The zero-order valence-corrected chi connectivity index (χ0v) is 30.2. The third-order valence-corrected chi connectivity index (χ3v) is 8.90. The predicted molar refractivity (Wildman–Crippen MR) is 195 cm³/mol. The molecule has 2 unspecified atom stereocenters. The van der Waals surface area contributed by atoms with Crippen LogP contribution in [0, 0.1) is 10.1 Å². The van der Waals surface area contributed by atoms with Crippen LogP contribution >= 0.6 is 0 Å². The van der Waals surface area contributed by atoms with Gasteiger partial charge in [0.15, 0.2) is 0 Å². The molecule has 3 N–H and O–H groups in total. The third kappa shape index (κ3) is 9.11. The van der Waals surface area contributed by atoms with E-state index in [0.717, 1.165) is 4.90 Å². The molecule has 2 amide bonds. The van der Waals surface area contributed by atoms with E-state index in [4.69, 9.17) is 18.9 Å². The number of nitrogens with zero attached hydrogens (tertiary/aromatic N) is 2. The molecule has 0 saturated heterocycles. The largest absolute Gasteiger partial charge is 0.493 e. The highest BCUT2D eigenvalue weighted by atomic mass is 16.6. The number of imide groups is 1. The number of hydrogen-bond acceptors (Lipinski definition) is 13. The molecule has 54 heavy (non-hydrogen) atoms. The maximum absolute atomic E-state index is 13.9. The number of ether oxygens (including phenoxy) is 4. The van der Waals surface area contributed by atoms with Gasteiger partial charge in [0.1, 0.15) is 30.8 Å². The average molecular weight is 743 g/mol. The van der Waals surface area contributed by atoms with Crippen molar-refractivity contribution < 1.29 is 48.2 Å². The number of aliphatic hydroxyl groups is 1. The van der Waals surface area contributed by atoms with E-state index in [1.165, 1.54) is 25.3 Å². The van der Waals surface area contributed by atoms with Gasteiger partial charge in [-0.3, -0.25) is 24.6 Å². The number of aliphatic hydroxyl groups excluding tert-OH is 1. The standard InChI is InChI=1S/C39H42N4O11/c1-24-33(38(47)51-3)35(34(25(2)41-24)39(48)53-20-18-42-36(45)29-13-7-8-14-30(29)37(42)46)31-21-26(43(49)50)15-16-32(31)52-19-10-9-17-40-22-27(44)23-54-28-11-5-4-6-12-28/h4-8,11-16,21,27,35,40-41,44H,9-10,17-20,22-23H2,1-3H3. The number of allylic oxidation sites excluding steroid dienone is 2. The summed E-state index contributed by atoms with van der Waals surface area (Å²) >= 11 is 0. The van der Waals surface area contributed by atoms with Gasteiger partial charge in [-0.15, -0.1) is 0 Å². The lowest BCUT2D eigenvalue weighted by Crippen LogP contribution is -2.35. The Morgan fingerprint density at radius 3 is 2.20 bits per heavy atom. The van der Waals surface area contributed by atoms with Gasteiger partial charge in [0.2, 0.25) is 0 Å². The summed E-state index contributed by atoms with van der Waals surface area (Å²) in [5.41, 5.74) is 1.02. The second-order valence-electron chi connectivity index (χ2n) is 12.6. The molecule has 2 atom stereocenters. The van der Waals surface area contributed by atoms with Crippen LogP contribution in [0.4, 0.5) is 5.69 Å². The molecule has 3 aromatic carbocycles. The van der Waals surface area contributed by atoms with Crippen LogP contribution in [0.2, 0.25) is 0 Å². The lowest BCUT2D eigenvalue weighted by Gasteiger charge is -2.31. The summed E-state index contributed by atoms with van der Waals surface area (Å²) in [6.07, 6.45) is 0.513. The Morgan fingerprint density at radius 2 is 1.56 bits per heavy atom. The van der Waals surface area contributed by atoms with Crippen molar-refractivity contribution in [3.63, 3.8) is 0 Å². The van der Waals surface area contributed by atoms with E-state index >= 15 is 0 Å². The molecule has 0 bridgehead atoms. The van der Waals surface area contributed by atoms with Crippen LogP contribution in [0.5, 0.6) is 11.5 Å². The normalized spacial score (nSPS) is 15.8. The Kier molecular flexibility index (Phi) is 13.1.